The minimum atomic E-state index is -0.331. The number of aliphatic hydroxyl groups excluding tert-OH is 1. The molecule has 0 amide bonds. The summed E-state index contributed by atoms with van der Waals surface area (Å²) in [5, 5.41) is 9.84. The highest BCUT2D eigenvalue weighted by molar-refractivity contribution is 5.04. The van der Waals surface area contributed by atoms with Gasteiger partial charge in [0.05, 0.1) is 12.2 Å². The van der Waals surface area contributed by atoms with Crippen LogP contribution in [0.5, 0.6) is 0 Å². The van der Waals surface area contributed by atoms with E-state index in [1.807, 2.05) is 18.2 Å². The topological polar surface area (TPSA) is 42.4 Å². The average Bonchev–Trinajstić information content (AvgIpc) is 2.71. The first-order valence-corrected chi connectivity index (χ1v) is 5.54. The molecule has 1 fully saturated rings. The molecule has 2 heterocycles. The molecule has 15 heavy (non-hydrogen) atoms. The molecule has 0 bridgehead atoms. The Kier molecular flexibility index (Phi) is 3.69. The van der Waals surface area contributed by atoms with E-state index in [2.05, 4.69) is 4.98 Å². The average molecular weight is 207 g/mol. The van der Waals surface area contributed by atoms with Gasteiger partial charge in [0, 0.05) is 24.9 Å². The Morgan fingerprint density at radius 2 is 2.47 bits per heavy atom. The van der Waals surface area contributed by atoms with Crippen molar-refractivity contribution >= 4 is 0 Å². The van der Waals surface area contributed by atoms with Crippen molar-refractivity contribution < 1.29 is 9.84 Å². The number of aromatic nitrogens is 1. The van der Waals surface area contributed by atoms with E-state index in [9.17, 15) is 5.11 Å². The molecule has 0 spiro atoms. The Balaban J connectivity index is 1.79. The molecule has 0 aliphatic carbocycles. The lowest BCUT2D eigenvalue weighted by atomic mass is 10.0. The summed E-state index contributed by atoms with van der Waals surface area (Å²) in [4.78, 5) is 4.19. The zero-order valence-electron chi connectivity index (χ0n) is 8.80. The second-order valence-electron chi connectivity index (χ2n) is 4.05. The number of rotatable bonds is 4. The molecular formula is C12H17NO2. The third-order valence-electron chi connectivity index (χ3n) is 2.73. The third kappa shape index (κ3) is 3.29. The monoisotopic (exact) mass is 207 g/mol. The standard InChI is InChI=1S/C12H17NO2/c14-11(9-12-5-3-7-15-12)8-10-4-1-2-6-13-10/h1-2,4,6,11-12,14H,3,5,7-9H2. The van der Waals surface area contributed by atoms with Gasteiger partial charge in [0.25, 0.3) is 0 Å². The zero-order valence-corrected chi connectivity index (χ0v) is 8.80. The van der Waals surface area contributed by atoms with E-state index >= 15 is 0 Å². The van der Waals surface area contributed by atoms with Crippen molar-refractivity contribution in [3.8, 4) is 0 Å². The number of nitrogens with zero attached hydrogens (tertiary/aromatic N) is 1. The fourth-order valence-corrected chi connectivity index (χ4v) is 1.98. The van der Waals surface area contributed by atoms with Crippen molar-refractivity contribution in [3.63, 3.8) is 0 Å². The van der Waals surface area contributed by atoms with Gasteiger partial charge in [-0.25, -0.2) is 0 Å². The fourth-order valence-electron chi connectivity index (χ4n) is 1.98. The van der Waals surface area contributed by atoms with Crippen molar-refractivity contribution in [2.45, 2.75) is 37.9 Å². The summed E-state index contributed by atoms with van der Waals surface area (Å²) in [6.07, 6.45) is 5.25. The maximum absolute atomic E-state index is 9.84. The SMILES string of the molecule is OC(Cc1ccccn1)CC1CCCO1. The molecule has 2 atom stereocenters. The van der Waals surface area contributed by atoms with Crippen molar-refractivity contribution in [3.05, 3.63) is 30.1 Å². The number of pyridine rings is 1. The Morgan fingerprint density at radius 3 is 3.13 bits per heavy atom. The molecule has 1 N–H and O–H groups in total. The van der Waals surface area contributed by atoms with Gasteiger partial charge in [0.2, 0.25) is 0 Å². The predicted octanol–water partition coefficient (Wildman–Crippen LogP) is 1.55. The van der Waals surface area contributed by atoms with Crippen LogP contribution in [-0.4, -0.2) is 28.9 Å². The first-order valence-electron chi connectivity index (χ1n) is 5.54. The molecule has 82 valence electrons. The molecular weight excluding hydrogens is 190 g/mol. The molecule has 1 aromatic heterocycles. The van der Waals surface area contributed by atoms with Gasteiger partial charge in [-0.2, -0.15) is 0 Å². The summed E-state index contributed by atoms with van der Waals surface area (Å²) >= 11 is 0. The van der Waals surface area contributed by atoms with E-state index in [1.54, 1.807) is 6.20 Å². The third-order valence-corrected chi connectivity index (χ3v) is 2.73. The Labute approximate surface area is 90.1 Å². The van der Waals surface area contributed by atoms with Crippen LogP contribution in [0.15, 0.2) is 24.4 Å². The molecule has 1 aliphatic heterocycles. The smallest absolute Gasteiger partial charge is 0.0620 e. The lowest BCUT2D eigenvalue weighted by Gasteiger charge is -2.14. The summed E-state index contributed by atoms with van der Waals surface area (Å²) in [6, 6.07) is 5.77. The highest BCUT2D eigenvalue weighted by atomic mass is 16.5. The van der Waals surface area contributed by atoms with Crippen LogP contribution in [0.1, 0.15) is 25.0 Å². The maximum atomic E-state index is 9.84. The van der Waals surface area contributed by atoms with E-state index in [0.717, 1.165) is 31.6 Å². The van der Waals surface area contributed by atoms with Gasteiger partial charge < -0.3 is 9.84 Å². The Morgan fingerprint density at radius 1 is 1.53 bits per heavy atom. The minimum absolute atomic E-state index is 0.253. The number of ether oxygens (including phenoxy) is 1. The van der Waals surface area contributed by atoms with E-state index < -0.39 is 0 Å². The maximum Gasteiger partial charge on any atom is 0.0620 e. The summed E-state index contributed by atoms with van der Waals surface area (Å²) in [5.74, 6) is 0. The summed E-state index contributed by atoms with van der Waals surface area (Å²) in [5.41, 5.74) is 0.947. The number of hydrogen-bond acceptors (Lipinski definition) is 3. The summed E-state index contributed by atoms with van der Waals surface area (Å²) in [7, 11) is 0. The predicted molar refractivity (Wildman–Crippen MR) is 57.5 cm³/mol. The lowest BCUT2D eigenvalue weighted by Crippen LogP contribution is -2.19. The molecule has 2 unspecified atom stereocenters. The molecule has 1 aromatic rings. The van der Waals surface area contributed by atoms with Crippen LogP contribution < -0.4 is 0 Å². The molecule has 1 saturated heterocycles. The van der Waals surface area contributed by atoms with Crippen molar-refractivity contribution in [2.75, 3.05) is 6.61 Å². The van der Waals surface area contributed by atoms with Crippen LogP contribution in [0.2, 0.25) is 0 Å². The van der Waals surface area contributed by atoms with E-state index in [4.69, 9.17) is 4.74 Å². The number of aliphatic hydroxyl groups is 1. The zero-order chi connectivity index (χ0) is 10.5. The van der Waals surface area contributed by atoms with Gasteiger partial charge in [-0.15, -0.1) is 0 Å². The van der Waals surface area contributed by atoms with Crippen LogP contribution in [0.25, 0.3) is 0 Å². The van der Waals surface area contributed by atoms with Crippen LogP contribution in [-0.2, 0) is 11.2 Å². The van der Waals surface area contributed by atoms with Crippen LogP contribution in [0.3, 0.4) is 0 Å². The van der Waals surface area contributed by atoms with Crippen molar-refractivity contribution in [2.24, 2.45) is 0 Å². The second kappa shape index (κ2) is 5.24. The fraction of sp³-hybridized carbons (Fsp3) is 0.583. The van der Waals surface area contributed by atoms with E-state index in [0.29, 0.717) is 6.42 Å². The first kappa shape index (κ1) is 10.6. The van der Waals surface area contributed by atoms with Crippen LogP contribution >= 0.6 is 0 Å². The molecule has 0 saturated carbocycles. The van der Waals surface area contributed by atoms with Gasteiger partial charge in [0.15, 0.2) is 0 Å². The largest absolute Gasteiger partial charge is 0.393 e. The first-order chi connectivity index (χ1) is 7.34. The molecule has 0 aromatic carbocycles. The normalized spacial score (nSPS) is 22.9. The van der Waals surface area contributed by atoms with Crippen molar-refractivity contribution in [1.82, 2.24) is 4.98 Å². The molecule has 3 heteroatoms. The van der Waals surface area contributed by atoms with Gasteiger partial charge >= 0.3 is 0 Å². The molecule has 1 aliphatic rings. The van der Waals surface area contributed by atoms with Gasteiger partial charge in [-0.05, 0) is 31.4 Å². The van der Waals surface area contributed by atoms with Crippen LogP contribution in [0, 0.1) is 0 Å². The Bertz CT molecular complexity index is 283. The van der Waals surface area contributed by atoms with Gasteiger partial charge in [0.1, 0.15) is 0 Å². The van der Waals surface area contributed by atoms with Crippen molar-refractivity contribution in [1.29, 1.82) is 0 Å². The quantitative estimate of drug-likeness (QED) is 0.814. The highest BCUT2D eigenvalue weighted by Crippen LogP contribution is 2.18. The highest BCUT2D eigenvalue weighted by Gasteiger charge is 2.19. The lowest BCUT2D eigenvalue weighted by molar-refractivity contribution is 0.0537. The van der Waals surface area contributed by atoms with E-state index in [1.165, 1.54) is 0 Å². The Hall–Kier alpha value is -0.930. The van der Waals surface area contributed by atoms with Gasteiger partial charge in [-0.1, -0.05) is 6.07 Å². The minimum Gasteiger partial charge on any atom is -0.393 e. The molecule has 2 rings (SSSR count). The molecule has 3 nitrogen and oxygen atoms in total. The number of hydrogen-bond donors (Lipinski definition) is 1. The van der Waals surface area contributed by atoms with E-state index in [-0.39, 0.29) is 12.2 Å². The van der Waals surface area contributed by atoms with Crippen LogP contribution in [0.4, 0.5) is 0 Å². The summed E-state index contributed by atoms with van der Waals surface area (Å²) in [6.45, 7) is 0.848. The van der Waals surface area contributed by atoms with Gasteiger partial charge in [-0.3, -0.25) is 4.98 Å². The summed E-state index contributed by atoms with van der Waals surface area (Å²) < 4.78 is 5.48. The molecule has 0 radical (unpaired) electrons. The second-order valence-corrected chi connectivity index (χ2v) is 4.05.